The van der Waals surface area contributed by atoms with Crippen LogP contribution in [0.2, 0.25) is 0 Å². The molecule has 0 aliphatic rings. The van der Waals surface area contributed by atoms with Crippen LogP contribution in [0.4, 0.5) is 0 Å². The molecule has 1 atom stereocenters. The van der Waals surface area contributed by atoms with Gasteiger partial charge in [-0.2, -0.15) is 0 Å². The zero-order valence-electron chi connectivity index (χ0n) is 6.63. The van der Waals surface area contributed by atoms with Gasteiger partial charge in [0, 0.05) is 5.88 Å². The van der Waals surface area contributed by atoms with E-state index in [0.29, 0.717) is 5.88 Å². The maximum absolute atomic E-state index is 5.69. The largest absolute Gasteiger partial charge is 0.125 e. The Bertz CT molecular complexity index is 253. The average molecular weight is 246 g/mol. The van der Waals surface area contributed by atoms with Gasteiger partial charge in [0.05, 0.1) is 4.83 Å². The molecular formula is C10H10BrCl. The Kier molecular flexibility index (Phi) is 3.83. The maximum Gasteiger partial charge on any atom is 0.0530 e. The Morgan fingerprint density at radius 2 is 2.00 bits per heavy atom. The Labute approximate surface area is 86.4 Å². The van der Waals surface area contributed by atoms with Crippen molar-refractivity contribution in [2.75, 3.05) is 5.88 Å². The summed E-state index contributed by atoms with van der Waals surface area (Å²) in [7, 11) is 0. The Morgan fingerprint density at radius 1 is 1.42 bits per heavy atom. The van der Waals surface area contributed by atoms with Crippen molar-refractivity contribution in [2.24, 2.45) is 0 Å². The summed E-state index contributed by atoms with van der Waals surface area (Å²) >= 11 is 9.17. The third kappa shape index (κ3) is 2.36. The fourth-order valence-corrected chi connectivity index (χ4v) is 1.41. The van der Waals surface area contributed by atoms with Crippen molar-refractivity contribution in [2.45, 2.75) is 4.83 Å². The molecule has 1 aromatic carbocycles. The van der Waals surface area contributed by atoms with Crippen molar-refractivity contribution >= 4 is 33.6 Å². The van der Waals surface area contributed by atoms with Crippen LogP contribution in [-0.2, 0) is 0 Å². The van der Waals surface area contributed by atoms with Crippen molar-refractivity contribution in [3.8, 4) is 0 Å². The molecule has 0 bridgehead atoms. The lowest BCUT2D eigenvalue weighted by Gasteiger charge is -2.05. The van der Waals surface area contributed by atoms with Gasteiger partial charge in [0.2, 0.25) is 0 Å². The SMILES string of the molecule is C=Cc1ccc(C(Br)CCl)cc1. The first-order valence-electron chi connectivity index (χ1n) is 3.70. The number of hydrogen-bond acceptors (Lipinski definition) is 0. The number of rotatable bonds is 3. The fourth-order valence-electron chi connectivity index (χ4n) is 0.930. The predicted molar refractivity (Wildman–Crippen MR) is 58.9 cm³/mol. The lowest BCUT2D eigenvalue weighted by molar-refractivity contribution is 1.13. The summed E-state index contributed by atoms with van der Waals surface area (Å²) in [5, 5.41) is 0. The highest BCUT2D eigenvalue weighted by Crippen LogP contribution is 2.24. The van der Waals surface area contributed by atoms with Crippen molar-refractivity contribution in [1.29, 1.82) is 0 Å². The molecular weight excluding hydrogens is 235 g/mol. The van der Waals surface area contributed by atoms with E-state index in [9.17, 15) is 0 Å². The number of benzene rings is 1. The summed E-state index contributed by atoms with van der Waals surface area (Å²) in [6.07, 6.45) is 1.83. The molecule has 0 spiro atoms. The van der Waals surface area contributed by atoms with Gasteiger partial charge < -0.3 is 0 Å². The second kappa shape index (κ2) is 4.68. The van der Waals surface area contributed by atoms with E-state index >= 15 is 0 Å². The van der Waals surface area contributed by atoms with Crippen molar-refractivity contribution in [1.82, 2.24) is 0 Å². The zero-order valence-corrected chi connectivity index (χ0v) is 8.98. The highest BCUT2D eigenvalue weighted by Gasteiger charge is 2.03. The summed E-state index contributed by atoms with van der Waals surface area (Å²) in [4.78, 5) is 0.248. The monoisotopic (exact) mass is 244 g/mol. The van der Waals surface area contributed by atoms with Gasteiger partial charge in [0.15, 0.2) is 0 Å². The molecule has 0 aliphatic carbocycles. The molecule has 0 saturated heterocycles. The minimum absolute atomic E-state index is 0.248. The minimum atomic E-state index is 0.248. The van der Waals surface area contributed by atoms with Gasteiger partial charge in [0.25, 0.3) is 0 Å². The van der Waals surface area contributed by atoms with Gasteiger partial charge >= 0.3 is 0 Å². The van der Waals surface area contributed by atoms with Crippen LogP contribution >= 0.6 is 27.5 Å². The highest BCUT2D eigenvalue weighted by molar-refractivity contribution is 9.09. The van der Waals surface area contributed by atoms with E-state index in [1.165, 1.54) is 5.56 Å². The molecule has 0 nitrogen and oxygen atoms in total. The normalized spacial score (nSPS) is 12.5. The van der Waals surface area contributed by atoms with Crippen LogP contribution in [0.5, 0.6) is 0 Å². The third-order valence-corrected chi connectivity index (χ3v) is 3.20. The van der Waals surface area contributed by atoms with Crippen LogP contribution < -0.4 is 0 Å². The van der Waals surface area contributed by atoms with E-state index in [-0.39, 0.29) is 4.83 Å². The third-order valence-electron chi connectivity index (χ3n) is 1.67. The van der Waals surface area contributed by atoms with E-state index < -0.39 is 0 Å². The van der Waals surface area contributed by atoms with Crippen LogP contribution in [0.3, 0.4) is 0 Å². The van der Waals surface area contributed by atoms with E-state index in [0.717, 1.165) is 5.56 Å². The average Bonchev–Trinajstić information content (AvgIpc) is 2.17. The second-order valence-corrected chi connectivity index (χ2v) is 3.91. The molecule has 0 saturated carbocycles. The molecule has 0 N–H and O–H groups in total. The van der Waals surface area contributed by atoms with Crippen molar-refractivity contribution in [3.63, 3.8) is 0 Å². The number of hydrogen-bond donors (Lipinski definition) is 0. The van der Waals surface area contributed by atoms with Crippen molar-refractivity contribution in [3.05, 3.63) is 42.0 Å². The summed E-state index contributed by atoms with van der Waals surface area (Å²) in [6.45, 7) is 3.69. The second-order valence-electron chi connectivity index (χ2n) is 2.49. The van der Waals surface area contributed by atoms with Crippen LogP contribution in [-0.4, -0.2) is 5.88 Å². The quantitative estimate of drug-likeness (QED) is 0.706. The van der Waals surface area contributed by atoms with Crippen LogP contribution in [0, 0.1) is 0 Å². The van der Waals surface area contributed by atoms with Crippen LogP contribution in [0.15, 0.2) is 30.8 Å². The lowest BCUT2D eigenvalue weighted by atomic mass is 10.1. The topological polar surface area (TPSA) is 0 Å². The number of halogens is 2. The van der Waals surface area contributed by atoms with Gasteiger partial charge in [0.1, 0.15) is 0 Å². The molecule has 0 amide bonds. The first-order chi connectivity index (χ1) is 5.77. The maximum atomic E-state index is 5.69. The Balaban J connectivity index is 2.84. The molecule has 64 valence electrons. The first kappa shape index (κ1) is 9.82. The molecule has 1 unspecified atom stereocenters. The van der Waals surface area contributed by atoms with E-state index in [2.05, 4.69) is 34.6 Å². The van der Waals surface area contributed by atoms with E-state index in [1.807, 2.05) is 18.2 Å². The highest BCUT2D eigenvalue weighted by atomic mass is 79.9. The summed E-state index contributed by atoms with van der Waals surface area (Å²) in [5.74, 6) is 0.591. The molecule has 1 rings (SSSR count). The summed E-state index contributed by atoms with van der Waals surface area (Å²) in [6, 6.07) is 8.17. The molecule has 0 radical (unpaired) electrons. The van der Waals surface area contributed by atoms with Gasteiger partial charge in [-0.05, 0) is 11.1 Å². The molecule has 0 heterocycles. The molecule has 0 aliphatic heterocycles. The Hall–Kier alpha value is -0.270. The molecule has 12 heavy (non-hydrogen) atoms. The summed E-state index contributed by atoms with van der Waals surface area (Å²) < 4.78 is 0. The van der Waals surface area contributed by atoms with Gasteiger partial charge in [-0.25, -0.2) is 0 Å². The Morgan fingerprint density at radius 3 is 2.42 bits per heavy atom. The van der Waals surface area contributed by atoms with Gasteiger partial charge in [-0.3, -0.25) is 0 Å². The first-order valence-corrected chi connectivity index (χ1v) is 5.15. The smallest absolute Gasteiger partial charge is 0.0530 e. The van der Waals surface area contributed by atoms with Crippen molar-refractivity contribution < 1.29 is 0 Å². The van der Waals surface area contributed by atoms with Gasteiger partial charge in [-0.15, -0.1) is 11.6 Å². The summed E-state index contributed by atoms with van der Waals surface area (Å²) in [5.41, 5.74) is 2.34. The minimum Gasteiger partial charge on any atom is -0.125 e. The molecule has 0 aromatic heterocycles. The predicted octanol–water partition coefficient (Wildman–Crippen LogP) is 4.00. The standard InChI is InChI=1S/C10H10BrCl/c1-2-8-3-5-9(6-4-8)10(11)7-12/h2-6,10H,1,7H2. The fraction of sp³-hybridized carbons (Fsp3) is 0.200. The molecule has 2 heteroatoms. The molecule has 1 aromatic rings. The molecule has 0 fully saturated rings. The van der Waals surface area contributed by atoms with Crippen LogP contribution in [0.1, 0.15) is 16.0 Å². The van der Waals surface area contributed by atoms with Gasteiger partial charge in [-0.1, -0.05) is 52.9 Å². The zero-order chi connectivity index (χ0) is 8.97. The van der Waals surface area contributed by atoms with E-state index in [1.54, 1.807) is 0 Å². The van der Waals surface area contributed by atoms with E-state index in [4.69, 9.17) is 11.6 Å². The van der Waals surface area contributed by atoms with Crippen LogP contribution in [0.25, 0.3) is 6.08 Å². The lowest BCUT2D eigenvalue weighted by Crippen LogP contribution is -1.89. The number of alkyl halides is 2.